The fraction of sp³-hybridized carbons (Fsp3) is 0.500. The van der Waals surface area contributed by atoms with Gasteiger partial charge in [0.25, 0.3) is 0 Å². The average molecular weight is 220 g/mol. The standard InChI is InChI=1S/C10H15F3N2/c1-3-14-6-4-7-15-8-5-9(2)10(11,12)13/h4-5,7-8,14H,3,6H2,1-2H3/b7-4+,9-5+,15-8-. The largest absolute Gasteiger partial charge is 0.412 e. The highest BCUT2D eigenvalue weighted by Gasteiger charge is 2.29. The lowest BCUT2D eigenvalue weighted by atomic mass is 10.3. The number of nitrogens with one attached hydrogen (secondary N) is 1. The molecule has 0 saturated heterocycles. The molecule has 0 aromatic rings. The van der Waals surface area contributed by atoms with Crippen molar-refractivity contribution in [2.75, 3.05) is 13.1 Å². The molecule has 0 unspecified atom stereocenters. The van der Waals surface area contributed by atoms with Crippen molar-refractivity contribution in [2.24, 2.45) is 4.99 Å². The van der Waals surface area contributed by atoms with Gasteiger partial charge in [0.05, 0.1) is 0 Å². The summed E-state index contributed by atoms with van der Waals surface area (Å²) in [5.41, 5.74) is -0.661. The van der Waals surface area contributed by atoms with Gasteiger partial charge in [-0.2, -0.15) is 13.2 Å². The number of aliphatic imine (C=N–C) groups is 1. The lowest BCUT2D eigenvalue weighted by Crippen LogP contribution is -2.11. The van der Waals surface area contributed by atoms with E-state index in [1.807, 2.05) is 6.92 Å². The summed E-state index contributed by atoms with van der Waals surface area (Å²) < 4.78 is 35.9. The lowest BCUT2D eigenvalue weighted by molar-refractivity contribution is -0.0911. The van der Waals surface area contributed by atoms with Crippen LogP contribution in [0.3, 0.4) is 0 Å². The number of likely N-dealkylation sites (N-methyl/N-ethyl adjacent to an activating group) is 1. The first kappa shape index (κ1) is 13.9. The maximum atomic E-state index is 12.0. The number of hydrogen-bond acceptors (Lipinski definition) is 2. The molecule has 0 radical (unpaired) electrons. The normalized spacial score (nSPS) is 14.3. The second-order valence-corrected chi connectivity index (χ2v) is 2.84. The molecular formula is C10H15F3N2. The van der Waals surface area contributed by atoms with Crippen molar-refractivity contribution in [3.63, 3.8) is 0 Å². The number of halogens is 3. The van der Waals surface area contributed by atoms with Gasteiger partial charge >= 0.3 is 6.18 Å². The summed E-state index contributed by atoms with van der Waals surface area (Å²) in [6.07, 6.45) is 1.00. The van der Waals surface area contributed by atoms with Crippen molar-refractivity contribution >= 4 is 6.21 Å². The number of allylic oxidation sites excluding steroid dienone is 2. The summed E-state index contributed by atoms with van der Waals surface area (Å²) >= 11 is 0. The highest BCUT2D eigenvalue weighted by molar-refractivity contribution is 5.72. The van der Waals surface area contributed by atoms with Crippen LogP contribution in [0.4, 0.5) is 13.2 Å². The van der Waals surface area contributed by atoms with Crippen LogP contribution in [0.25, 0.3) is 0 Å². The van der Waals surface area contributed by atoms with E-state index >= 15 is 0 Å². The fourth-order valence-corrected chi connectivity index (χ4v) is 0.640. The van der Waals surface area contributed by atoms with E-state index < -0.39 is 11.7 Å². The maximum absolute atomic E-state index is 12.0. The van der Waals surface area contributed by atoms with Crippen molar-refractivity contribution in [1.82, 2.24) is 5.32 Å². The molecule has 0 rings (SSSR count). The summed E-state index contributed by atoms with van der Waals surface area (Å²) in [4.78, 5) is 3.67. The van der Waals surface area contributed by atoms with Gasteiger partial charge in [0.1, 0.15) is 0 Å². The Bertz CT molecular complexity index is 252. The first-order valence-electron chi connectivity index (χ1n) is 4.61. The van der Waals surface area contributed by atoms with E-state index in [2.05, 4.69) is 10.3 Å². The van der Waals surface area contributed by atoms with Crippen LogP contribution in [0.15, 0.2) is 28.9 Å². The minimum Gasteiger partial charge on any atom is -0.313 e. The van der Waals surface area contributed by atoms with Gasteiger partial charge in [-0.25, -0.2) is 0 Å². The van der Waals surface area contributed by atoms with Crippen LogP contribution in [0.1, 0.15) is 13.8 Å². The Kier molecular flexibility index (Phi) is 6.70. The SMILES string of the molecule is CCNC/C=C/N=C\C=C(/C)C(F)(F)F. The topological polar surface area (TPSA) is 24.4 Å². The van der Waals surface area contributed by atoms with Gasteiger partial charge in [-0.05, 0) is 19.5 Å². The van der Waals surface area contributed by atoms with Crippen LogP contribution in [0.5, 0.6) is 0 Å². The second-order valence-electron chi connectivity index (χ2n) is 2.84. The molecule has 0 heterocycles. The Labute approximate surface area is 87.6 Å². The molecule has 0 fully saturated rings. The summed E-state index contributed by atoms with van der Waals surface area (Å²) in [6.45, 7) is 4.48. The van der Waals surface area contributed by atoms with Crippen LogP contribution in [0.2, 0.25) is 0 Å². The molecule has 1 N–H and O–H groups in total. The summed E-state index contributed by atoms with van der Waals surface area (Å²) in [7, 11) is 0. The van der Waals surface area contributed by atoms with E-state index in [-0.39, 0.29) is 0 Å². The summed E-state index contributed by atoms with van der Waals surface area (Å²) in [5.74, 6) is 0. The number of rotatable bonds is 5. The van der Waals surface area contributed by atoms with E-state index in [0.717, 1.165) is 25.8 Å². The molecular weight excluding hydrogens is 205 g/mol. The van der Waals surface area contributed by atoms with Crippen molar-refractivity contribution in [3.05, 3.63) is 23.9 Å². The molecule has 0 aliphatic heterocycles. The number of alkyl halides is 3. The minimum atomic E-state index is -4.26. The van der Waals surface area contributed by atoms with Gasteiger partial charge in [0.15, 0.2) is 0 Å². The molecule has 5 heteroatoms. The Hall–Kier alpha value is -1.10. The number of nitrogens with zero attached hydrogens (tertiary/aromatic N) is 1. The third kappa shape index (κ3) is 7.93. The Balaban J connectivity index is 3.94. The molecule has 0 aliphatic rings. The van der Waals surface area contributed by atoms with E-state index in [4.69, 9.17) is 0 Å². The maximum Gasteiger partial charge on any atom is 0.412 e. The van der Waals surface area contributed by atoms with E-state index in [1.165, 1.54) is 6.20 Å². The zero-order valence-electron chi connectivity index (χ0n) is 8.80. The molecule has 0 bridgehead atoms. The zero-order chi connectivity index (χ0) is 11.7. The monoisotopic (exact) mass is 220 g/mol. The van der Waals surface area contributed by atoms with Crippen molar-refractivity contribution in [1.29, 1.82) is 0 Å². The molecule has 0 aromatic carbocycles. The van der Waals surface area contributed by atoms with Gasteiger partial charge in [-0.3, -0.25) is 4.99 Å². The second kappa shape index (κ2) is 7.23. The molecule has 2 nitrogen and oxygen atoms in total. The van der Waals surface area contributed by atoms with E-state index in [9.17, 15) is 13.2 Å². The Morgan fingerprint density at radius 3 is 2.60 bits per heavy atom. The molecule has 0 saturated carbocycles. The molecule has 15 heavy (non-hydrogen) atoms. The van der Waals surface area contributed by atoms with Gasteiger partial charge in [-0.15, -0.1) is 0 Å². The molecule has 0 aliphatic carbocycles. The first-order valence-corrected chi connectivity index (χ1v) is 4.61. The zero-order valence-corrected chi connectivity index (χ0v) is 8.80. The summed E-state index contributed by atoms with van der Waals surface area (Å²) in [5, 5.41) is 3.02. The van der Waals surface area contributed by atoms with Crippen molar-refractivity contribution in [2.45, 2.75) is 20.0 Å². The quantitative estimate of drug-likeness (QED) is 0.559. The van der Waals surface area contributed by atoms with Crippen molar-refractivity contribution < 1.29 is 13.2 Å². The highest BCUT2D eigenvalue weighted by Crippen LogP contribution is 2.23. The molecule has 86 valence electrons. The third-order valence-electron chi connectivity index (χ3n) is 1.56. The molecule has 0 amide bonds. The van der Waals surface area contributed by atoms with Gasteiger partial charge < -0.3 is 5.32 Å². The molecule has 0 atom stereocenters. The predicted molar refractivity (Wildman–Crippen MR) is 56.0 cm³/mol. The Morgan fingerprint density at radius 1 is 1.40 bits per heavy atom. The summed E-state index contributed by atoms with van der Waals surface area (Å²) in [6, 6.07) is 0. The fourth-order valence-electron chi connectivity index (χ4n) is 0.640. The minimum absolute atomic E-state index is 0.661. The highest BCUT2D eigenvalue weighted by atomic mass is 19.4. The van der Waals surface area contributed by atoms with E-state index in [1.54, 1.807) is 6.08 Å². The van der Waals surface area contributed by atoms with Crippen LogP contribution >= 0.6 is 0 Å². The smallest absolute Gasteiger partial charge is 0.313 e. The van der Waals surface area contributed by atoms with Gasteiger partial charge in [-0.1, -0.05) is 13.0 Å². The van der Waals surface area contributed by atoms with E-state index in [0.29, 0.717) is 6.54 Å². The third-order valence-corrected chi connectivity index (χ3v) is 1.56. The first-order chi connectivity index (χ1) is 6.98. The molecule has 0 aromatic heterocycles. The number of hydrogen-bond donors (Lipinski definition) is 1. The van der Waals surface area contributed by atoms with Crippen LogP contribution in [-0.2, 0) is 0 Å². The van der Waals surface area contributed by atoms with Gasteiger partial charge in [0, 0.05) is 24.5 Å². The predicted octanol–water partition coefficient (Wildman–Crippen LogP) is 2.69. The molecule has 0 spiro atoms. The van der Waals surface area contributed by atoms with Crippen LogP contribution in [0, 0.1) is 0 Å². The Morgan fingerprint density at radius 2 is 2.07 bits per heavy atom. The van der Waals surface area contributed by atoms with Crippen LogP contribution in [-0.4, -0.2) is 25.5 Å². The van der Waals surface area contributed by atoms with Crippen LogP contribution < -0.4 is 5.32 Å². The van der Waals surface area contributed by atoms with Gasteiger partial charge in [0.2, 0.25) is 0 Å². The van der Waals surface area contributed by atoms with Crippen molar-refractivity contribution in [3.8, 4) is 0 Å². The lowest BCUT2D eigenvalue weighted by Gasteiger charge is -2.03. The average Bonchev–Trinajstić information content (AvgIpc) is 2.14.